The van der Waals surface area contributed by atoms with Crippen molar-refractivity contribution in [2.75, 3.05) is 14.2 Å². The molecule has 4 rings (SSSR count). The monoisotopic (exact) mass is 526 g/mol. The number of tetrazole rings is 1. The standard InChI is InChI=1S/C26H31ClN6O4/c1-17(26(35)28-20-9-5-6-10-20)32(15-19-8-4-7-11-21(19)27)24(34)16-33-30-25(29-31-33)18-12-13-22(36-2)23(14-18)37-3/h4,7-8,11-14,17,20H,5-6,9-10,15-16H2,1-3H3,(H,28,35)/t17-/m1/s1. The molecule has 0 unspecified atom stereocenters. The minimum Gasteiger partial charge on any atom is -0.493 e. The van der Waals surface area contributed by atoms with Gasteiger partial charge in [-0.15, -0.1) is 10.2 Å². The number of methoxy groups -OCH3 is 2. The van der Waals surface area contributed by atoms with Gasteiger partial charge in [-0.2, -0.15) is 4.80 Å². The SMILES string of the molecule is COc1ccc(-c2nnn(CC(=O)N(Cc3ccccc3Cl)[C@H](C)C(=O)NC3CCCC3)n2)cc1OC. The van der Waals surface area contributed by atoms with Gasteiger partial charge in [-0.3, -0.25) is 9.59 Å². The molecular formula is C26H31ClN6O4. The fraction of sp³-hybridized carbons (Fsp3) is 0.423. The average molecular weight is 527 g/mol. The number of nitrogens with one attached hydrogen (secondary N) is 1. The number of aromatic nitrogens is 4. The predicted octanol–water partition coefficient (Wildman–Crippen LogP) is 3.49. The predicted molar refractivity (Wildman–Crippen MR) is 138 cm³/mol. The fourth-order valence-electron chi connectivity index (χ4n) is 4.40. The van der Waals surface area contributed by atoms with Crippen LogP contribution in [0, 0.1) is 0 Å². The van der Waals surface area contributed by atoms with Crippen LogP contribution in [-0.4, -0.2) is 63.2 Å². The molecule has 196 valence electrons. The number of hydrogen-bond donors (Lipinski definition) is 1. The first kappa shape index (κ1) is 26.4. The zero-order chi connectivity index (χ0) is 26.4. The van der Waals surface area contributed by atoms with Gasteiger partial charge in [0.15, 0.2) is 11.5 Å². The molecule has 1 fully saturated rings. The van der Waals surface area contributed by atoms with Gasteiger partial charge in [0.2, 0.25) is 17.6 Å². The topological polar surface area (TPSA) is 111 Å². The highest BCUT2D eigenvalue weighted by Crippen LogP contribution is 2.30. The van der Waals surface area contributed by atoms with E-state index in [9.17, 15) is 9.59 Å². The average Bonchev–Trinajstić information content (AvgIpc) is 3.59. The highest BCUT2D eigenvalue weighted by Gasteiger charge is 2.29. The van der Waals surface area contributed by atoms with Gasteiger partial charge >= 0.3 is 0 Å². The number of carbonyl (C=O) groups excluding carboxylic acids is 2. The van der Waals surface area contributed by atoms with E-state index in [1.165, 1.54) is 9.70 Å². The fourth-order valence-corrected chi connectivity index (χ4v) is 4.59. The third kappa shape index (κ3) is 6.37. The lowest BCUT2D eigenvalue weighted by molar-refractivity contribution is -0.141. The van der Waals surface area contributed by atoms with Crippen LogP contribution in [0.25, 0.3) is 11.4 Å². The van der Waals surface area contributed by atoms with Crippen LogP contribution in [0.2, 0.25) is 5.02 Å². The maximum absolute atomic E-state index is 13.5. The van der Waals surface area contributed by atoms with Gasteiger partial charge in [0.05, 0.1) is 14.2 Å². The second-order valence-electron chi connectivity index (χ2n) is 8.99. The summed E-state index contributed by atoms with van der Waals surface area (Å²) >= 11 is 6.37. The number of rotatable bonds is 10. The summed E-state index contributed by atoms with van der Waals surface area (Å²) in [7, 11) is 3.10. The van der Waals surface area contributed by atoms with Gasteiger partial charge in [-0.1, -0.05) is 42.6 Å². The molecule has 2 aromatic carbocycles. The Kier molecular flexibility index (Phi) is 8.60. The molecule has 1 aliphatic carbocycles. The first-order chi connectivity index (χ1) is 17.9. The van der Waals surface area contributed by atoms with Crippen LogP contribution < -0.4 is 14.8 Å². The highest BCUT2D eigenvalue weighted by molar-refractivity contribution is 6.31. The molecule has 3 aromatic rings. The van der Waals surface area contributed by atoms with Crippen molar-refractivity contribution in [1.29, 1.82) is 0 Å². The quantitative estimate of drug-likeness (QED) is 0.430. The van der Waals surface area contributed by atoms with Crippen molar-refractivity contribution in [1.82, 2.24) is 30.4 Å². The lowest BCUT2D eigenvalue weighted by Crippen LogP contribution is -2.50. The van der Waals surface area contributed by atoms with E-state index in [-0.39, 0.29) is 30.9 Å². The third-order valence-electron chi connectivity index (χ3n) is 6.54. The summed E-state index contributed by atoms with van der Waals surface area (Å²) in [5.41, 5.74) is 1.41. The summed E-state index contributed by atoms with van der Waals surface area (Å²) < 4.78 is 10.6. The molecule has 1 aliphatic rings. The van der Waals surface area contributed by atoms with Crippen molar-refractivity contribution in [2.24, 2.45) is 0 Å². The zero-order valence-corrected chi connectivity index (χ0v) is 21.9. The normalized spacial score (nSPS) is 14.3. The smallest absolute Gasteiger partial charge is 0.247 e. The van der Waals surface area contributed by atoms with Crippen LogP contribution in [0.3, 0.4) is 0 Å². The Morgan fingerprint density at radius 3 is 2.57 bits per heavy atom. The van der Waals surface area contributed by atoms with E-state index in [1.54, 1.807) is 45.4 Å². The molecule has 10 nitrogen and oxygen atoms in total. The van der Waals surface area contributed by atoms with E-state index in [0.717, 1.165) is 31.2 Å². The Morgan fingerprint density at radius 2 is 1.86 bits per heavy atom. The van der Waals surface area contributed by atoms with E-state index in [2.05, 4.69) is 20.7 Å². The molecule has 37 heavy (non-hydrogen) atoms. The zero-order valence-electron chi connectivity index (χ0n) is 21.2. The molecule has 1 aromatic heterocycles. The molecular weight excluding hydrogens is 496 g/mol. The second kappa shape index (κ2) is 12.1. The van der Waals surface area contributed by atoms with Crippen LogP contribution in [0.5, 0.6) is 11.5 Å². The van der Waals surface area contributed by atoms with Crippen molar-refractivity contribution in [3.63, 3.8) is 0 Å². The van der Waals surface area contributed by atoms with Crippen LogP contribution in [0.4, 0.5) is 0 Å². The van der Waals surface area contributed by atoms with Gasteiger partial charge in [0, 0.05) is 23.2 Å². The summed E-state index contributed by atoms with van der Waals surface area (Å²) in [5.74, 6) is 0.919. The van der Waals surface area contributed by atoms with Crippen molar-refractivity contribution in [2.45, 2.75) is 57.8 Å². The van der Waals surface area contributed by atoms with E-state index in [1.807, 2.05) is 18.2 Å². The van der Waals surface area contributed by atoms with Gasteiger partial charge in [-0.05, 0) is 54.8 Å². The first-order valence-corrected chi connectivity index (χ1v) is 12.6. The Bertz CT molecular complexity index is 1240. The lowest BCUT2D eigenvalue weighted by atomic mass is 10.1. The Labute approximate surface area is 220 Å². The van der Waals surface area contributed by atoms with Crippen LogP contribution in [0.1, 0.15) is 38.2 Å². The van der Waals surface area contributed by atoms with Crippen LogP contribution >= 0.6 is 11.6 Å². The molecule has 1 saturated carbocycles. The summed E-state index contributed by atoms with van der Waals surface area (Å²) in [4.78, 5) is 29.3. The van der Waals surface area contributed by atoms with Gasteiger partial charge in [0.1, 0.15) is 12.6 Å². The van der Waals surface area contributed by atoms with Crippen molar-refractivity contribution < 1.29 is 19.1 Å². The molecule has 1 heterocycles. The molecule has 1 atom stereocenters. The van der Waals surface area contributed by atoms with E-state index >= 15 is 0 Å². The van der Waals surface area contributed by atoms with E-state index < -0.39 is 6.04 Å². The molecule has 2 amide bonds. The summed E-state index contributed by atoms with van der Waals surface area (Å²) in [5, 5.41) is 16.1. The largest absolute Gasteiger partial charge is 0.493 e. The Balaban J connectivity index is 1.52. The summed E-state index contributed by atoms with van der Waals surface area (Å²) in [6.45, 7) is 1.71. The lowest BCUT2D eigenvalue weighted by Gasteiger charge is -2.29. The second-order valence-corrected chi connectivity index (χ2v) is 9.40. The van der Waals surface area contributed by atoms with Crippen LogP contribution in [0.15, 0.2) is 42.5 Å². The number of halogens is 1. The maximum atomic E-state index is 13.5. The first-order valence-electron chi connectivity index (χ1n) is 12.2. The third-order valence-corrected chi connectivity index (χ3v) is 6.91. The number of benzene rings is 2. The Morgan fingerprint density at radius 1 is 1.14 bits per heavy atom. The van der Waals surface area contributed by atoms with E-state index in [4.69, 9.17) is 21.1 Å². The molecule has 0 radical (unpaired) electrons. The number of nitrogens with zero attached hydrogens (tertiary/aromatic N) is 5. The molecule has 0 bridgehead atoms. The summed E-state index contributed by atoms with van der Waals surface area (Å²) in [6.07, 6.45) is 4.11. The van der Waals surface area contributed by atoms with Gasteiger partial charge in [0.25, 0.3) is 0 Å². The molecule has 11 heteroatoms. The van der Waals surface area contributed by atoms with E-state index in [0.29, 0.717) is 27.9 Å². The van der Waals surface area contributed by atoms with Gasteiger partial charge in [-0.25, -0.2) is 0 Å². The van der Waals surface area contributed by atoms with Gasteiger partial charge < -0.3 is 19.7 Å². The molecule has 1 N–H and O–H groups in total. The number of amides is 2. The number of carbonyl (C=O) groups is 2. The minimum atomic E-state index is -0.710. The van der Waals surface area contributed by atoms with Crippen molar-refractivity contribution in [3.8, 4) is 22.9 Å². The molecule has 0 spiro atoms. The number of ether oxygens (including phenoxy) is 2. The Hall–Kier alpha value is -3.66. The molecule has 0 aliphatic heterocycles. The van der Waals surface area contributed by atoms with Crippen molar-refractivity contribution in [3.05, 3.63) is 53.1 Å². The molecule has 0 saturated heterocycles. The minimum absolute atomic E-state index is 0.147. The summed E-state index contributed by atoms with van der Waals surface area (Å²) in [6, 6.07) is 12.0. The number of hydrogen-bond acceptors (Lipinski definition) is 7. The maximum Gasteiger partial charge on any atom is 0.247 e. The highest BCUT2D eigenvalue weighted by atomic mass is 35.5. The van der Waals surface area contributed by atoms with Crippen molar-refractivity contribution >= 4 is 23.4 Å². The van der Waals surface area contributed by atoms with Crippen LogP contribution in [-0.2, 0) is 22.7 Å².